The molecule has 0 spiro atoms. The third kappa shape index (κ3) is 4.00. The molecule has 124 valence electrons. The van der Waals surface area contributed by atoms with Crippen LogP contribution in [0.25, 0.3) is 10.8 Å². The molecule has 0 saturated heterocycles. The van der Waals surface area contributed by atoms with Crippen LogP contribution >= 0.6 is 0 Å². The van der Waals surface area contributed by atoms with Crippen molar-refractivity contribution in [2.24, 2.45) is 0 Å². The number of rotatable bonds is 3. The molecule has 23 heavy (non-hydrogen) atoms. The molecule has 0 aliphatic heterocycles. The van der Waals surface area contributed by atoms with E-state index in [4.69, 9.17) is 9.11 Å². The highest BCUT2D eigenvalue weighted by molar-refractivity contribution is 7.90. The smallest absolute Gasteiger partial charge is 0.282 e. The summed E-state index contributed by atoms with van der Waals surface area (Å²) in [5.74, 6) is 0. The summed E-state index contributed by atoms with van der Waals surface area (Å²) in [7, 11) is -15.8. The lowest BCUT2D eigenvalue weighted by Gasteiger charge is -2.12. The number of fused-ring (bicyclic) bond motifs is 1. The Kier molecular flexibility index (Phi) is 5.50. The number of hydrogen-bond donors (Lipinski definition) is 3. The van der Waals surface area contributed by atoms with Gasteiger partial charge >= 0.3 is 23.1 Å². The van der Waals surface area contributed by atoms with Gasteiger partial charge < -0.3 is 0 Å². The summed E-state index contributed by atoms with van der Waals surface area (Å²) < 4.78 is 96.0. The summed E-state index contributed by atoms with van der Waals surface area (Å²) in [5.41, 5.74) is 0. The second kappa shape index (κ2) is 6.25. The molecule has 0 heterocycles. The molecule has 0 radical (unpaired) electrons. The minimum absolute atomic E-state index is 0. The average molecular weight is 395 g/mol. The minimum atomic E-state index is -5.40. The number of hydrogen-bond acceptors (Lipinski definition) is 6. The van der Waals surface area contributed by atoms with Gasteiger partial charge in [0.25, 0.3) is 30.4 Å². The van der Waals surface area contributed by atoms with Gasteiger partial charge in [-0.1, -0.05) is 24.3 Å². The van der Waals surface area contributed by atoms with Crippen molar-refractivity contribution in [2.45, 2.75) is 14.7 Å². The Morgan fingerprint density at radius 2 is 1.17 bits per heavy atom. The van der Waals surface area contributed by atoms with Gasteiger partial charge in [0, 0.05) is 5.39 Å². The van der Waals surface area contributed by atoms with Crippen molar-refractivity contribution in [1.82, 2.24) is 0 Å². The normalized spacial score (nSPS) is 12.8. The maximum Gasteiger partial charge on any atom is 0.316 e. The van der Waals surface area contributed by atoms with Crippen molar-refractivity contribution in [3.8, 4) is 0 Å². The van der Waals surface area contributed by atoms with E-state index in [1.165, 1.54) is 18.2 Å². The number of benzene rings is 2. The van der Waals surface area contributed by atoms with E-state index in [9.17, 15) is 29.8 Å². The van der Waals surface area contributed by atoms with Crippen molar-refractivity contribution >= 4 is 64.2 Å². The molecule has 0 amide bonds. The van der Waals surface area contributed by atoms with E-state index in [1.807, 2.05) is 0 Å². The van der Waals surface area contributed by atoms with Gasteiger partial charge in [-0.3, -0.25) is 13.7 Å². The van der Waals surface area contributed by atoms with Crippen molar-refractivity contribution in [3.63, 3.8) is 0 Å². The Bertz CT molecular complexity index is 1090. The SMILES string of the molecule is O=S(=O)(O)c1cc2ccccc2c(S(=O)(=O)O)c1S(=O)(=O)O.[MgH2]. The first-order chi connectivity index (χ1) is 9.83. The lowest BCUT2D eigenvalue weighted by Crippen LogP contribution is -2.15. The van der Waals surface area contributed by atoms with E-state index < -0.39 is 45.0 Å². The third-order valence-electron chi connectivity index (χ3n) is 2.72. The van der Waals surface area contributed by atoms with Crippen molar-refractivity contribution in [1.29, 1.82) is 0 Å². The third-order valence-corrected chi connectivity index (χ3v) is 5.73. The highest BCUT2D eigenvalue weighted by atomic mass is 32.2. The lowest BCUT2D eigenvalue weighted by atomic mass is 10.1. The summed E-state index contributed by atoms with van der Waals surface area (Å²) in [5, 5.41) is -0.430. The van der Waals surface area contributed by atoms with Crippen LogP contribution in [-0.4, -0.2) is 62.0 Å². The largest absolute Gasteiger partial charge is 0.316 e. The van der Waals surface area contributed by atoms with Crippen molar-refractivity contribution < 1.29 is 38.9 Å². The van der Waals surface area contributed by atoms with E-state index in [1.54, 1.807) is 0 Å². The van der Waals surface area contributed by atoms with Crippen LogP contribution in [0.2, 0.25) is 0 Å². The topological polar surface area (TPSA) is 163 Å². The first-order valence-electron chi connectivity index (χ1n) is 5.31. The molecule has 0 unspecified atom stereocenters. The fourth-order valence-corrected chi connectivity index (χ4v) is 5.37. The average Bonchev–Trinajstić information content (AvgIpc) is 2.33. The summed E-state index contributed by atoms with van der Waals surface area (Å²) in [6.45, 7) is 0. The Morgan fingerprint density at radius 3 is 1.61 bits per heavy atom. The monoisotopic (exact) mass is 394 g/mol. The van der Waals surface area contributed by atoms with E-state index in [2.05, 4.69) is 0 Å². The van der Waals surface area contributed by atoms with Gasteiger partial charge in [-0.25, -0.2) is 0 Å². The first kappa shape index (κ1) is 20.2. The standard InChI is InChI=1S/C10H8O9S3.Mg.2H/c11-20(12,13)8-5-6-3-1-2-4-7(6)9(21(14,15)16)10(8)22(17,18)19;;;/h1-5H,(H,11,12,13)(H,14,15,16)(H,17,18,19);;;. The molecule has 0 fully saturated rings. The van der Waals surface area contributed by atoms with Crippen molar-refractivity contribution in [2.75, 3.05) is 0 Å². The van der Waals surface area contributed by atoms with Crippen LogP contribution in [0.4, 0.5) is 0 Å². The lowest BCUT2D eigenvalue weighted by molar-refractivity contribution is 0.457. The second-order valence-corrected chi connectivity index (χ2v) is 8.29. The molecule has 13 heteroatoms. The van der Waals surface area contributed by atoms with Gasteiger partial charge in [-0.2, -0.15) is 25.3 Å². The van der Waals surface area contributed by atoms with Crippen LogP contribution < -0.4 is 0 Å². The molecule has 2 rings (SSSR count). The molecule has 0 atom stereocenters. The van der Waals surface area contributed by atoms with Crippen LogP contribution in [0, 0.1) is 0 Å². The highest BCUT2D eigenvalue weighted by Gasteiger charge is 2.34. The van der Waals surface area contributed by atoms with E-state index in [0.29, 0.717) is 6.07 Å². The van der Waals surface area contributed by atoms with Crippen LogP contribution in [0.15, 0.2) is 45.0 Å². The zero-order valence-corrected chi connectivity index (χ0v) is 12.9. The van der Waals surface area contributed by atoms with Crippen LogP contribution in [-0.2, 0) is 30.4 Å². The zero-order chi connectivity index (χ0) is 16.9. The Morgan fingerprint density at radius 1 is 0.696 bits per heavy atom. The predicted molar refractivity (Wildman–Crippen MR) is 81.9 cm³/mol. The molecule has 9 nitrogen and oxygen atoms in total. The fourth-order valence-electron chi connectivity index (χ4n) is 1.96. The molecule has 0 saturated carbocycles. The Hall–Kier alpha value is -0.804. The van der Waals surface area contributed by atoms with Gasteiger partial charge in [-0.05, 0) is 11.5 Å². The van der Waals surface area contributed by atoms with Crippen LogP contribution in [0.3, 0.4) is 0 Å². The fraction of sp³-hybridized carbons (Fsp3) is 0. The van der Waals surface area contributed by atoms with Crippen LogP contribution in [0.5, 0.6) is 0 Å². The van der Waals surface area contributed by atoms with Gasteiger partial charge in [0.2, 0.25) is 0 Å². The zero-order valence-electron chi connectivity index (χ0n) is 10.4. The van der Waals surface area contributed by atoms with E-state index in [0.717, 1.165) is 6.07 Å². The highest BCUT2D eigenvalue weighted by Crippen LogP contribution is 2.35. The molecule has 3 N–H and O–H groups in total. The quantitative estimate of drug-likeness (QED) is 0.466. The van der Waals surface area contributed by atoms with Gasteiger partial charge in [0.05, 0.1) is 0 Å². The summed E-state index contributed by atoms with van der Waals surface area (Å²) in [6, 6.07) is 5.69. The summed E-state index contributed by atoms with van der Waals surface area (Å²) in [6.07, 6.45) is 0. The van der Waals surface area contributed by atoms with E-state index >= 15 is 0 Å². The molecule has 2 aromatic rings. The van der Waals surface area contributed by atoms with E-state index in [-0.39, 0.29) is 33.8 Å². The first-order valence-corrected chi connectivity index (χ1v) is 9.63. The minimum Gasteiger partial charge on any atom is -0.282 e. The Balaban J connectivity index is 0.00000264. The maximum absolute atomic E-state index is 11.5. The second-order valence-electron chi connectivity index (χ2n) is 4.18. The molecule has 0 bridgehead atoms. The molecule has 0 aliphatic rings. The van der Waals surface area contributed by atoms with Gasteiger partial charge in [0.15, 0.2) is 0 Å². The maximum atomic E-state index is 11.5. The summed E-state index contributed by atoms with van der Waals surface area (Å²) >= 11 is 0. The molecule has 0 aliphatic carbocycles. The van der Waals surface area contributed by atoms with Gasteiger partial charge in [-0.15, -0.1) is 0 Å². The molecular formula is C10H10MgO9S3. The van der Waals surface area contributed by atoms with Crippen LogP contribution in [0.1, 0.15) is 0 Å². The van der Waals surface area contributed by atoms with Gasteiger partial charge in [0.1, 0.15) is 14.7 Å². The summed E-state index contributed by atoms with van der Waals surface area (Å²) in [4.78, 5) is -4.31. The molecular weight excluding hydrogens is 385 g/mol. The van der Waals surface area contributed by atoms with Crippen molar-refractivity contribution in [3.05, 3.63) is 30.3 Å². The predicted octanol–water partition coefficient (Wildman–Crippen LogP) is -0.336. The Labute approximate surface area is 147 Å². The molecule has 0 aromatic heterocycles. The molecule has 2 aromatic carbocycles.